The van der Waals surface area contributed by atoms with E-state index in [1.54, 1.807) is 30.3 Å². The molecule has 0 bridgehead atoms. The minimum absolute atomic E-state index is 0.291. The third-order valence-corrected chi connectivity index (χ3v) is 3.45. The molecule has 2 aromatic rings. The lowest BCUT2D eigenvalue weighted by atomic mass is 10.2. The second-order valence-electron chi connectivity index (χ2n) is 3.84. The number of aldehydes is 1. The van der Waals surface area contributed by atoms with Crippen LogP contribution in [-0.2, 0) is 6.61 Å². The second kappa shape index (κ2) is 6.29. The zero-order chi connectivity index (χ0) is 13.8. The van der Waals surface area contributed by atoms with Gasteiger partial charge in [-0.2, -0.15) is 0 Å². The monoisotopic (exact) mass is 314 g/mol. The molecule has 2 nitrogen and oxygen atoms in total. The summed E-state index contributed by atoms with van der Waals surface area (Å²) in [6, 6.07) is 10.1. The Bertz CT molecular complexity index is 612. The second-order valence-corrected chi connectivity index (χ2v) is 5.09. The van der Waals surface area contributed by atoms with E-state index in [0.29, 0.717) is 39.3 Å². The highest BCUT2D eigenvalue weighted by atomic mass is 35.5. The van der Waals surface area contributed by atoms with Crippen LogP contribution in [0.25, 0.3) is 0 Å². The zero-order valence-corrected chi connectivity index (χ0v) is 12.0. The minimum atomic E-state index is 0.291. The Morgan fingerprint density at radius 2 is 1.79 bits per heavy atom. The summed E-state index contributed by atoms with van der Waals surface area (Å²) in [5.74, 6) is 0.477. The Kier molecular flexibility index (Phi) is 4.70. The van der Waals surface area contributed by atoms with Gasteiger partial charge in [0.15, 0.2) is 6.29 Å². The van der Waals surface area contributed by atoms with E-state index >= 15 is 0 Å². The van der Waals surface area contributed by atoms with Crippen molar-refractivity contribution in [1.82, 2.24) is 0 Å². The van der Waals surface area contributed by atoms with E-state index in [1.165, 1.54) is 0 Å². The first-order valence-corrected chi connectivity index (χ1v) is 6.55. The fraction of sp³-hybridized carbons (Fsp3) is 0.0714. The number of ether oxygens (including phenoxy) is 1. The van der Waals surface area contributed by atoms with Crippen LogP contribution in [0.5, 0.6) is 5.75 Å². The van der Waals surface area contributed by atoms with Crippen molar-refractivity contribution in [3.8, 4) is 5.75 Å². The van der Waals surface area contributed by atoms with Crippen molar-refractivity contribution >= 4 is 41.1 Å². The van der Waals surface area contributed by atoms with E-state index in [2.05, 4.69) is 0 Å². The SMILES string of the molecule is O=Cc1cc(Cl)ccc1OCc1ccc(Cl)c(Cl)c1. The molecule has 0 spiro atoms. The third-order valence-electron chi connectivity index (χ3n) is 2.48. The molecular weight excluding hydrogens is 307 g/mol. The molecule has 0 aliphatic heterocycles. The summed E-state index contributed by atoms with van der Waals surface area (Å²) in [6.45, 7) is 0.291. The zero-order valence-electron chi connectivity index (χ0n) is 9.70. The Morgan fingerprint density at radius 1 is 1.00 bits per heavy atom. The molecule has 0 amide bonds. The van der Waals surface area contributed by atoms with Gasteiger partial charge in [0, 0.05) is 5.02 Å². The van der Waals surface area contributed by atoms with Crippen LogP contribution in [0, 0.1) is 0 Å². The van der Waals surface area contributed by atoms with Crippen LogP contribution in [0.15, 0.2) is 36.4 Å². The van der Waals surface area contributed by atoms with E-state index in [1.807, 2.05) is 6.07 Å². The number of halogens is 3. The molecule has 0 atom stereocenters. The van der Waals surface area contributed by atoms with Crippen LogP contribution < -0.4 is 4.74 Å². The Hall–Kier alpha value is -1.22. The van der Waals surface area contributed by atoms with E-state index < -0.39 is 0 Å². The topological polar surface area (TPSA) is 26.3 Å². The van der Waals surface area contributed by atoms with Crippen molar-refractivity contribution in [1.29, 1.82) is 0 Å². The number of hydrogen-bond acceptors (Lipinski definition) is 2. The maximum atomic E-state index is 10.9. The van der Waals surface area contributed by atoms with Crippen LogP contribution in [0.3, 0.4) is 0 Å². The molecule has 0 aliphatic carbocycles. The van der Waals surface area contributed by atoms with Crippen molar-refractivity contribution < 1.29 is 9.53 Å². The van der Waals surface area contributed by atoms with Gasteiger partial charge in [-0.1, -0.05) is 40.9 Å². The molecule has 5 heteroatoms. The van der Waals surface area contributed by atoms with Gasteiger partial charge in [-0.15, -0.1) is 0 Å². The number of carbonyl (C=O) groups excluding carboxylic acids is 1. The van der Waals surface area contributed by atoms with Gasteiger partial charge in [0.1, 0.15) is 12.4 Å². The highest BCUT2D eigenvalue weighted by molar-refractivity contribution is 6.42. The highest BCUT2D eigenvalue weighted by Crippen LogP contribution is 2.25. The number of carbonyl (C=O) groups is 1. The molecule has 0 heterocycles. The summed E-state index contributed by atoms with van der Waals surface area (Å²) < 4.78 is 5.57. The fourth-order valence-electron chi connectivity index (χ4n) is 1.53. The first-order chi connectivity index (χ1) is 9.10. The van der Waals surface area contributed by atoms with Crippen LogP contribution in [0.1, 0.15) is 15.9 Å². The number of hydrogen-bond donors (Lipinski definition) is 0. The minimum Gasteiger partial charge on any atom is -0.488 e. The lowest BCUT2D eigenvalue weighted by Gasteiger charge is -2.09. The van der Waals surface area contributed by atoms with Gasteiger partial charge in [-0.3, -0.25) is 4.79 Å². The predicted molar refractivity (Wildman–Crippen MR) is 77.6 cm³/mol. The quantitative estimate of drug-likeness (QED) is 0.739. The summed E-state index contributed by atoms with van der Waals surface area (Å²) in [7, 11) is 0. The van der Waals surface area contributed by atoms with Crippen molar-refractivity contribution in [3.05, 3.63) is 62.6 Å². The number of benzene rings is 2. The smallest absolute Gasteiger partial charge is 0.153 e. The molecule has 98 valence electrons. The Labute approximate surface area is 125 Å². The van der Waals surface area contributed by atoms with E-state index in [0.717, 1.165) is 5.56 Å². The molecular formula is C14H9Cl3O2. The number of rotatable bonds is 4. The largest absolute Gasteiger partial charge is 0.488 e. The molecule has 2 aromatic carbocycles. The highest BCUT2D eigenvalue weighted by Gasteiger charge is 2.05. The normalized spacial score (nSPS) is 10.3. The van der Waals surface area contributed by atoms with Gasteiger partial charge in [-0.05, 0) is 35.9 Å². The summed E-state index contributed by atoms with van der Waals surface area (Å²) in [4.78, 5) is 10.9. The lowest BCUT2D eigenvalue weighted by molar-refractivity contribution is 0.111. The van der Waals surface area contributed by atoms with Gasteiger partial charge in [0.05, 0.1) is 15.6 Å². The first-order valence-electron chi connectivity index (χ1n) is 5.41. The maximum Gasteiger partial charge on any atom is 0.153 e. The molecule has 19 heavy (non-hydrogen) atoms. The Morgan fingerprint density at radius 3 is 2.47 bits per heavy atom. The fourth-order valence-corrected chi connectivity index (χ4v) is 2.03. The molecule has 2 rings (SSSR count). The van der Waals surface area contributed by atoms with Gasteiger partial charge in [-0.25, -0.2) is 0 Å². The third kappa shape index (κ3) is 3.63. The summed E-state index contributed by atoms with van der Waals surface area (Å²) in [6.07, 6.45) is 0.704. The van der Waals surface area contributed by atoms with Gasteiger partial charge >= 0.3 is 0 Å². The maximum absolute atomic E-state index is 10.9. The van der Waals surface area contributed by atoms with E-state index in [4.69, 9.17) is 39.5 Å². The molecule has 0 fully saturated rings. The summed E-state index contributed by atoms with van der Waals surface area (Å²) >= 11 is 17.5. The van der Waals surface area contributed by atoms with Gasteiger partial charge in [0.25, 0.3) is 0 Å². The molecule has 0 N–H and O–H groups in total. The summed E-state index contributed by atoms with van der Waals surface area (Å²) in [5, 5.41) is 1.45. The molecule has 0 radical (unpaired) electrons. The van der Waals surface area contributed by atoms with Crippen molar-refractivity contribution in [2.45, 2.75) is 6.61 Å². The molecule has 0 saturated heterocycles. The van der Waals surface area contributed by atoms with Gasteiger partial charge < -0.3 is 4.74 Å². The van der Waals surface area contributed by atoms with Crippen LogP contribution in [0.2, 0.25) is 15.1 Å². The van der Waals surface area contributed by atoms with Crippen molar-refractivity contribution in [3.63, 3.8) is 0 Å². The van der Waals surface area contributed by atoms with Crippen molar-refractivity contribution in [2.24, 2.45) is 0 Å². The van der Waals surface area contributed by atoms with Crippen LogP contribution in [0.4, 0.5) is 0 Å². The first kappa shape index (κ1) is 14.2. The van der Waals surface area contributed by atoms with Crippen LogP contribution >= 0.6 is 34.8 Å². The van der Waals surface area contributed by atoms with Gasteiger partial charge in [0.2, 0.25) is 0 Å². The Balaban J connectivity index is 2.14. The average molecular weight is 316 g/mol. The van der Waals surface area contributed by atoms with Crippen LogP contribution in [-0.4, -0.2) is 6.29 Å². The van der Waals surface area contributed by atoms with E-state index in [9.17, 15) is 4.79 Å². The standard InChI is InChI=1S/C14H9Cl3O2/c15-11-2-4-14(10(6-11)7-18)19-8-9-1-3-12(16)13(17)5-9/h1-7H,8H2. The molecule has 0 unspecified atom stereocenters. The lowest BCUT2D eigenvalue weighted by Crippen LogP contribution is -1.98. The summed E-state index contributed by atoms with van der Waals surface area (Å²) in [5.41, 5.74) is 1.27. The predicted octanol–water partition coefficient (Wildman–Crippen LogP) is 5.04. The van der Waals surface area contributed by atoms with E-state index in [-0.39, 0.29) is 0 Å². The van der Waals surface area contributed by atoms with Crippen molar-refractivity contribution in [2.75, 3.05) is 0 Å². The molecule has 0 aliphatic rings. The average Bonchev–Trinajstić information content (AvgIpc) is 2.41. The molecule has 0 saturated carbocycles. The molecule has 0 aromatic heterocycles.